The van der Waals surface area contributed by atoms with Crippen molar-refractivity contribution in [2.45, 2.75) is 0 Å². The maximum atomic E-state index is 10.4. The third-order valence-electron chi connectivity index (χ3n) is 3.93. The molecule has 116 valence electrons. The van der Waals surface area contributed by atoms with Crippen LogP contribution in [0.15, 0.2) is 54.3 Å². The van der Waals surface area contributed by atoms with Crippen molar-refractivity contribution in [2.75, 3.05) is 11.4 Å². The van der Waals surface area contributed by atoms with Crippen LogP contribution in [0.25, 0.3) is 15.8 Å². The SMILES string of the molecule is N#Cc1ccccc1N1CC(O)=C(c2nc3ccccc3s2)C1=N. The highest BCUT2D eigenvalue weighted by Gasteiger charge is 2.32. The van der Waals surface area contributed by atoms with Crippen LogP contribution in [0.5, 0.6) is 0 Å². The molecule has 0 aliphatic carbocycles. The van der Waals surface area contributed by atoms with E-state index in [0.717, 1.165) is 10.2 Å². The highest BCUT2D eigenvalue weighted by Crippen LogP contribution is 2.35. The molecule has 1 aromatic heterocycles. The summed E-state index contributed by atoms with van der Waals surface area (Å²) in [7, 11) is 0. The largest absolute Gasteiger partial charge is 0.510 e. The number of rotatable bonds is 2. The molecule has 0 unspecified atom stereocenters. The number of aliphatic hydroxyl groups excluding tert-OH is 1. The highest BCUT2D eigenvalue weighted by molar-refractivity contribution is 7.19. The normalized spacial score (nSPS) is 14.5. The zero-order valence-corrected chi connectivity index (χ0v) is 13.3. The third kappa shape index (κ3) is 2.14. The number of nitriles is 1. The van der Waals surface area contributed by atoms with Crippen molar-refractivity contribution in [3.63, 3.8) is 0 Å². The van der Waals surface area contributed by atoms with E-state index in [0.29, 0.717) is 21.8 Å². The Balaban J connectivity index is 1.77. The van der Waals surface area contributed by atoms with Crippen molar-refractivity contribution in [1.29, 1.82) is 10.7 Å². The number of aromatic nitrogens is 1. The van der Waals surface area contributed by atoms with Crippen LogP contribution in [0, 0.1) is 16.7 Å². The zero-order chi connectivity index (χ0) is 16.7. The molecule has 3 aromatic rings. The summed E-state index contributed by atoms with van der Waals surface area (Å²) in [5.41, 5.74) is 2.37. The monoisotopic (exact) mass is 332 g/mol. The number of benzene rings is 2. The van der Waals surface area contributed by atoms with Gasteiger partial charge in [0.2, 0.25) is 0 Å². The summed E-state index contributed by atoms with van der Waals surface area (Å²) in [4.78, 5) is 6.17. The molecule has 1 aliphatic heterocycles. The van der Waals surface area contributed by atoms with Crippen LogP contribution in [0.3, 0.4) is 0 Å². The molecule has 4 rings (SSSR count). The van der Waals surface area contributed by atoms with Gasteiger partial charge in [-0.2, -0.15) is 5.26 Å². The third-order valence-corrected chi connectivity index (χ3v) is 4.98. The van der Waals surface area contributed by atoms with Gasteiger partial charge in [-0.1, -0.05) is 24.3 Å². The Morgan fingerprint density at radius 3 is 2.71 bits per heavy atom. The fourth-order valence-corrected chi connectivity index (χ4v) is 3.83. The molecule has 0 spiro atoms. The van der Waals surface area contributed by atoms with Gasteiger partial charge in [-0.3, -0.25) is 5.41 Å². The molecule has 0 atom stereocenters. The van der Waals surface area contributed by atoms with Crippen LogP contribution in [-0.2, 0) is 0 Å². The molecule has 2 heterocycles. The summed E-state index contributed by atoms with van der Waals surface area (Å²) < 4.78 is 1.01. The minimum atomic E-state index is 0.104. The van der Waals surface area contributed by atoms with Gasteiger partial charge in [-0.05, 0) is 24.3 Å². The first kappa shape index (κ1) is 14.4. The summed E-state index contributed by atoms with van der Waals surface area (Å²) in [6, 6.07) is 16.9. The Labute approximate surface area is 142 Å². The Morgan fingerprint density at radius 1 is 1.17 bits per heavy atom. The minimum Gasteiger partial charge on any atom is -0.510 e. The fraction of sp³-hybridized carbons (Fsp3) is 0.0556. The van der Waals surface area contributed by atoms with Gasteiger partial charge in [0, 0.05) is 0 Å². The number of para-hydroxylation sites is 2. The number of anilines is 1. The molecule has 24 heavy (non-hydrogen) atoms. The number of nitrogens with zero attached hydrogens (tertiary/aromatic N) is 3. The predicted octanol–water partition coefficient (Wildman–Crippen LogP) is 3.93. The molecule has 0 radical (unpaired) electrons. The van der Waals surface area contributed by atoms with Gasteiger partial charge < -0.3 is 10.0 Å². The van der Waals surface area contributed by atoms with Crippen molar-refractivity contribution < 1.29 is 5.11 Å². The first-order valence-electron chi connectivity index (χ1n) is 7.32. The molecule has 0 amide bonds. The van der Waals surface area contributed by atoms with Gasteiger partial charge in [0.15, 0.2) is 0 Å². The van der Waals surface area contributed by atoms with Crippen molar-refractivity contribution in [1.82, 2.24) is 4.98 Å². The smallest absolute Gasteiger partial charge is 0.139 e. The number of thiazole rings is 1. The van der Waals surface area contributed by atoms with E-state index in [2.05, 4.69) is 11.1 Å². The standard InChI is InChI=1S/C18H12N4OS/c19-9-11-5-1-3-7-13(11)22-10-14(23)16(17(22)20)18-21-12-6-2-4-8-15(12)24-18/h1-8,20,23H,10H2. The lowest BCUT2D eigenvalue weighted by Crippen LogP contribution is -2.26. The number of hydrogen-bond donors (Lipinski definition) is 2. The maximum absolute atomic E-state index is 10.4. The number of aliphatic hydroxyl groups is 1. The first-order valence-corrected chi connectivity index (χ1v) is 8.14. The van der Waals surface area contributed by atoms with Crippen molar-refractivity contribution >= 4 is 38.6 Å². The van der Waals surface area contributed by atoms with Crippen LogP contribution < -0.4 is 4.90 Å². The topological polar surface area (TPSA) is 84.0 Å². The minimum absolute atomic E-state index is 0.104. The Bertz CT molecular complexity index is 1010. The van der Waals surface area contributed by atoms with Gasteiger partial charge in [-0.25, -0.2) is 4.98 Å². The molecule has 0 bridgehead atoms. The number of hydrogen-bond acceptors (Lipinski definition) is 5. The molecule has 0 saturated heterocycles. The van der Waals surface area contributed by atoms with E-state index in [9.17, 15) is 10.4 Å². The van der Waals surface area contributed by atoms with Crippen molar-refractivity contribution in [3.8, 4) is 6.07 Å². The second kappa shape index (κ2) is 5.48. The molecule has 0 saturated carbocycles. The number of nitrogens with one attached hydrogen (secondary N) is 1. The lowest BCUT2D eigenvalue weighted by atomic mass is 10.1. The van der Waals surface area contributed by atoms with Gasteiger partial charge >= 0.3 is 0 Å². The van der Waals surface area contributed by atoms with Crippen LogP contribution in [-0.4, -0.2) is 22.5 Å². The quantitative estimate of drug-likeness (QED) is 0.744. The molecule has 1 aliphatic rings. The van der Waals surface area contributed by atoms with Gasteiger partial charge in [0.05, 0.1) is 33.6 Å². The molecule has 0 fully saturated rings. The highest BCUT2D eigenvalue weighted by atomic mass is 32.1. The van der Waals surface area contributed by atoms with Gasteiger partial charge in [-0.15, -0.1) is 11.3 Å². The van der Waals surface area contributed by atoms with Crippen molar-refractivity contribution in [2.24, 2.45) is 0 Å². The molecular weight excluding hydrogens is 320 g/mol. The predicted molar refractivity (Wildman–Crippen MR) is 95.4 cm³/mol. The average Bonchev–Trinajstić information content (AvgIpc) is 3.15. The summed E-state index contributed by atoms with van der Waals surface area (Å²) >= 11 is 1.45. The van der Waals surface area contributed by atoms with E-state index >= 15 is 0 Å². The fourth-order valence-electron chi connectivity index (χ4n) is 2.79. The second-order valence-corrected chi connectivity index (χ2v) is 6.40. The Kier molecular flexibility index (Phi) is 3.29. The molecule has 6 heteroatoms. The van der Waals surface area contributed by atoms with Crippen LogP contribution in [0.1, 0.15) is 10.6 Å². The van der Waals surface area contributed by atoms with Crippen molar-refractivity contribution in [3.05, 3.63) is 64.9 Å². The summed E-state index contributed by atoms with van der Waals surface area (Å²) in [6.07, 6.45) is 0. The lowest BCUT2D eigenvalue weighted by Gasteiger charge is -2.19. The van der Waals surface area contributed by atoms with E-state index < -0.39 is 0 Å². The van der Waals surface area contributed by atoms with Gasteiger partial charge in [0.1, 0.15) is 22.7 Å². The second-order valence-electron chi connectivity index (χ2n) is 5.37. The van der Waals surface area contributed by atoms with E-state index in [1.54, 1.807) is 23.1 Å². The zero-order valence-electron chi connectivity index (χ0n) is 12.5. The Morgan fingerprint density at radius 2 is 1.92 bits per heavy atom. The van der Waals surface area contributed by atoms with E-state index in [-0.39, 0.29) is 18.1 Å². The van der Waals surface area contributed by atoms with E-state index in [1.807, 2.05) is 30.3 Å². The van der Waals surface area contributed by atoms with Crippen LogP contribution in [0.2, 0.25) is 0 Å². The average molecular weight is 332 g/mol. The van der Waals surface area contributed by atoms with Crippen LogP contribution >= 0.6 is 11.3 Å². The number of fused-ring (bicyclic) bond motifs is 1. The van der Waals surface area contributed by atoms with E-state index in [1.165, 1.54) is 11.3 Å². The van der Waals surface area contributed by atoms with Crippen LogP contribution in [0.4, 0.5) is 5.69 Å². The maximum Gasteiger partial charge on any atom is 0.139 e. The van der Waals surface area contributed by atoms with E-state index in [4.69, 9.17) is 5.41 Å². The lowest BCUT2D eigenvalue weighted by molar-refractivity contribution is 0.411. The summed E-state index contributed by atoms with van der Waals surface area (Å²) in [5, 5.41) is 28.8. The Hall–Kier alpha value is -3.17. The molecule has 2 N–H and O–H groups in total. The molecule has 2 aromatic carbocycles. The first-order chi connectivity index (χ1) is 11.7. The summed E-state index contributed by atoms with van der Waals surface area (Å²) in [6.45, 7) is 0.169. The molecule has 5 nitrogen and oxygen atoms in total. The summed E-state index contributed by atoms with van der Waals surface area (Å²) in [5.74, 6) is 0.265. The van der Waals surface area contributed by atoms with Gasteiger partial charge in [0.25, 0.3) is 0 Å². The molecular formula is C18H12N4OS. The number of amidine groups is 1.